The van der Waals surface area contributed by atoms with Crippen LogP contribution in [-0.2, 0) is 9.53 Å². The number of ether oxygens (including phenoxy) is 2. The van der Waals surface area contributed by atoms with Gasteiger partial charge in [-0.1, -0.05) is 0 Å². The second-order valence-electron chi connectivity index (χ2n) is 4.97. The van der Waals surface area contributed by atoms with Crippen molar-refractivity contribution < 1.29 is 28.4 Å². The van der Waals surface area contributed by atoms with Crippen molar-refractivity contribution in [2.24, 2.45) is 0 Å². The van der Waals surface area contributed by atoms with E-state index in [0.29, 0.717) is 4.90 Å². The second kappa shape index (κ2) is 8.95. The minimum Gasteiger partial charge on any atom is -0.494 e. The van der Waals surface area contributed by atoms with E-state index in [-0.39, 0.29) is 22.8 Å². The topological polar surface area (TPSA) is 95.7 Å². The van der Waals surface area contributed by atoms with Crippen LogP contribution in [0.1, 0.15) is 10.4 Å². The Morgan fingerprint density at radius 3 is 2.46 bits per heavy atom. The van der Waals surface area contributed by atoms with Crippen molar-refractivity contribution >= 4 is 29.2 Å². The zero-order valence-corrected chi connectivity index (χ0v) is 14.5. The van der Waals surface area contributed by atoms with Crippen LogP contribution in [0.15, 0.2) is 47.4 Å². The van der Waals surface area contributed by atoms with E-state index in [1.54, 1.807) is 0 Å². The number of hydrogen-bond acceptors (Lipinski definition) is 7. The van der Waals surface area contributed by atoms with Gasteiger partial charge >= 0.3 is 5.97 Å². The number of non-ortho nitro benzene ring substituents is 1. The third-order valence-electron chi connectivity index (χ3n) is 3.24. The third-order valence-corrected chi connectivity index (χ3v) is 4.23. The van der Waals surface area contributed by atoms with Gasteiger partial charge in [-0.2, -0.15) is 0 Å². The molecule has 0 N–H and O–H groups in total. The molecule has 2 aromatic carbocycles. The summed E-state index contributed by atoms with van der Waals surface area (Å²) >= 11 is 1.12. The predicted octanol–water partition coefficient (Wildman–Crippen LogP) is 3.26. The molecule has 0 saturated carbocycles. The zero-order chi connectivity index (χ0) is 19.1. The molecule has 0 aliphatic carbocycles. The van der Waals surface area contributed by atoms with Gasteiger partial charge in [-0.3, -0.25) is 19.7 Å². The molecule has 26 heavy (non-hydrogen) atoms. The molecule has 0 heterocycles. The molecule has 2 aromatic rings. The van der Waals surface area contributed by atoms with Crippen molar-refractivity contribution in [2.45, 2.75) is 4.90 Å². The molecule has 0 aliphatic rings. The fraction of sp³-hybridized carbons (Fsp3) is 0.176. The number of halogens is 1. The van der Waals surface area contributed by atoms with Crippen LogP contribution < -0.4 is 4.74 Å². The highest BCUT2D eigenvalue weighted by Crippen LogP contribution is 2.21. The van der Waals surface area contributed by atoms with Crippen molar-refractivity contribution in [1.82, 2.24) is 0 Å². The molecule has 136 valence electrons. The second-order valence-corrected chi connectivity index (χ2v) is 6.02. The number of carbonyl (C=O) groups excluding carboxylic acids is 2. The fourth-order valence-corrected chi connectivity index (χ4v) is 2.61. The van der Waals surface area contributed by atoms with Gasteiger partial charge in [0.05, 0.1) is 17.8 Å². The maximum Gasteiger partial charge on any atom is 0.316 e. The molecule has 0 aromatic heterocycles. The number of benzene rings is 2. The van der Waals surface area contributed by atoms with Crippen LogP contribution in [0, 0.1) is 15.9 Å². The molecule has 2 rings (SSSR count). The van der Waals surface area contributed by atoms with Crippen molar-refractivity contribution in [3.63, 3.8) is 0 Å². The van der Waals surface area contributed by atoms with Crippen LogP contribution in [0.5, 0.6) is 5.75 Å². The summed E-state index contributed by atoms with van der Waals surface area (Å²) in [6.45, 7) is -0.509. The van der Waals surface area contributed by atoms with Gasteiger partial charge in [0, 0.05) is 22.6 Å². The smallest absolute Gasteiger partial charge is 0.316 e. The molecular weight excluding hydrogens is 365 g/mol. The summed E-state index contributed by atoms with van der Waals surface area (Å²) in [7, 11) is 1.31. The number of nitro benzene ring substituents is 1. The van der Waals surface area contributed by atoms with Gasteiger partial charge in [0.2, 0.25) is 0 Å². The molecule has 0 saturated heterocycles. The molecule has 0 amide bonds. The molecule has 0 atom stereocenters. The summed E-state index contributed by atoms with van der Waals surface area (Å²) in [6.07, 6.45) is 0. The summed E-state index contributed by atoms with van der Waals surface area (Å²) in [5.74, 6) is -1.91. The van der Waals surface area contributed by atoms with Gasteiger partial charge in [-0.05, 0) is 30.3 Å². The Morgan fingerprint density at radius 2 is 1.88 bits per heavy atom. The number of carbonyl (C=O) groups is 2. The standard InChI is InChI=1S/C17H14FNO6S/c1-24-16-7-2-11(8-14(16)18)15(20)9-25-17(21)10-26-13-5-3-12(4-6-13)19(22)23/h2-8H,9-10H2,1H3. The van der Waals surface area contributed by atoms with Crippen LogP contribution in [0.4, 0.5) is 10.1 Å². The average molecular weight is 379 g/mol. The Morgan fingerprint density at radius 1 is 1.19 bits per heavy atom. The number of esters is 1. The number of nitro groups is 1. The molecule has 0 aliphatic heterocycles. The fourth-order valence-electron chi connectivity index (χ4n) is 1.92. The van der Waals surface area contributed by atoms with E-state index in [4.69, 9.17) is 9.47 Å². The van der Waals surface area contributed by atoms with Crippen LogP contribution in [0.25, 0.3) is 0 Å². The van der Waals surface area contributed by atoms with Crippen LogP contribution >= 0.6 is 11.8 Å². The third kappa shape index (κ3) is 5.28. The summed E-state index contributed by atoms with van der Waals surface area (Å²) < 4.78 is 23.2. The molecule has 7 nitrogen and oxygen atoms in total. The van der Waals surface area contributed by atoms with E-state index in [9.17, 15) is 24.1 Å². The average Bonchev–Trinajstić information content (AvgIpc) is 2.64. The summed E-state index contributed by atoms with van der Waals surface area (Å²) in [4.78, 5) is 34.3. The van der Waals surface area contributed by atoms with Gasteiger partial charge in [0.15, 0.2) is 24.0 Å². The van der Waals surface area contributed by atoms with Crippen LogP contribution in [0.2, 0.25) is 0 Å². The minimum absolute atomic E-state index is 0.0121. The number of hydrogen-bond donors (Lipinski definition) is 0. The number of ketones is 1. The van der Waals surface area contributed by atoms with Gasteiger partial charge in [0.1, 0.15) is 0 Å². The molecule has 0 spiro atoms. The molecule has 0 unspecified atom stereocenters. The van der Waals surface area contributed by atoms with Gasteiger partial charge in [-0.25, -0.2) is 4.39 Å². The first kappa shape index (κ1) is 19.4. The highest BCUT2D eigenvalue weighted by molar-refractivity contribution is 8.00. The Hall–Kier alpha value is -2.94. The Bertz CT molecular complexity index is 825. The predicted molar refractivity (Wildman–Crippen MR) is 92.1 cm³/mol. The Kier molecular flexibility index (Phi) is 6.67. The highest BCUT2D eigenvalue weighted by Gasteiger charge is 2.13. The minimum atomic E-state index is -0.682. The van der Waals surface area contributed by atoms with Gasteiger partial charge < -0.3 is 9.47 Å². The molecule has 0 fully saturated rings. The van der Waals surface area contributed by atoms with Crippen molar-refractivity contribution in [1.29, 1.82) is 0 Å². The van der Waals surface area contributed by atoms with Crippen LogP contribution in [0.3, 0.4) is 0 Å². The lowest BCUT2D eigenvalue weighted by atomic mass is 10.1. The molecule has 0 bridgehead atoms. The lowest BCUT2D eigenvalue weighted by molar-refractivity contribution is -0.384. The first-order chi connectivity index (χ1) is 12.4. The SMILES string of the molecule is COc1ccc(C(=O)COC(=O)CSc2ccc([N+](=O)[O-])cc2)cc1F. The van der Waals surface area contributed by atoms with E-state index < -0.39 is 29.1 Å². The van der Waals surface area contributed by atoms with Crippen molar-refractivity contribution in [3.8, 4) is 5.75 Å². The lowest BCUT2D eigenvalue weighted by Gasteiger charge is -2.06. The zero-order valence-electron chi connectivity index (χ0n) is 13.6. The van der Waals surface area contributed by atoms with Crippen LogP contribution in [-0.4, -0.2) is 36.1 Å². The van der Waals surface area contributed by atoms with E-state index in [1.807, 2.05) is 0 Å². The summed E-state index contributed by atoms with van der Waals surface area (Å²) in [5.41, 5.74) is 0.0216. The normalized spacial score (nSPS) is 10.2. The van der Waals surface area contributed by atoms with E-state index in [1.165, 1.54) is 43.5 Å². The van der Waals surface area contributed by atoms with Gasteiger partial charge in [0.25, 0.3) is 5.69 Å². The largest absolute Gasteiger partial charge is 0.494 e. The number of methoxy groups -OCH3 is 1. The van der Waals surface area contributed by atoms with E-state index in [0.717, 1.165) is 17.8 Å². The maximum atomic E-state index is 13.6. The number of thioether (sulfide) groups is 1. The van der Waals surface area contributed by atoms with E-state index >= 15 is 0 Å². The van der Waals surface area contributed by atoms with E-state index in [2.05, 4.69) is 0 Å². The Labute approximate surface area is 152 Å². The van der Waals surface area contributed by atoms with Crippen molar-refractivity contribution in [3.05, 3.63) is 64.0 Å². The highest BCUT2D eigenvalue weighted by atomic mass is 32.2. The molecule has 9 heteroatoms. The first-order valence-corrected chi connectivity index (χ1v) is 8.29. The number of rotatable bonds is 8. The summed E-state index contributed by atoms with van der Waals surface area (Å²) in [5, 5.41) is 10.6. The Balaban J connectivity index is 1.81. The molecule has 0 radical (unpaired) electrons. The number of Topliss-reactive ketones (excluding diaryl/α,β-unsaturated/α-hetero) is 1. The maximum absolute atomic E-state index is 13.6. The first-order valence-electron chi connectivity index (χ1n) is 7.30. The monoisotopic (exact) mass is 379 g/mol. The summed E-state index contributed by atoms with van der Waals surface area (Å²) in [6, 6.07) is 9.40. The quantitative estimate of drug-likeness (QED) is 0.228. The van der Waals surface area contributed by atoms with Gasteiger partial charge in [-0.15, -0.1) is 11.8 Å². The number of nitrogens with zero attached hydrogens (tertiary/aromatic N) is 1. The molecular formula is C17H14FNO6S. The lowest BCUT2D eigenvalue weighted by Crippen LogP contribution is -2.15. The van der Waals surface area contributed by atoms with Crippen molar-refractivity contribution in [2.75, 3.05) is 19.5 Å².